The molecule has 0 saturated carbocycles. The van der Waals surface area contributed by atoms with Crippen LogP contribution in [0.15, 0.2) is 61.3 Å². The van der Waals surface area contributed by atoms with Gasteiger partial charge in [0.05, 0.1) is 42.2 Å². The Hall–Kier alpha value is -3.62. The summed E-state index contributed by atoms with van der Waals surface area (Å²) in [5.74, 6) is -1.29. The molecule has 4 aromatic rings. The number of hydrogen-bond donors (Lipinski definition) is 2. The number of anilines is 1. The lowest BCUT2D eigenvalue weighted by Gasteiger charge is -2.25. The molecule has 0 aliphatic rings. The summed E-state index contributed by atoms with van der Waals surface area (Å²) in [4.78, 5) is 33.8. The third kappa shape index (κ3) is 4.69. The lowest BCUT2D eigenvalue weighted by molar-refractivity contribution is -0.115. The number of carbonyl (C=O) groups excluding carboxylic acids is 2. The minimum Gasteiger partial charge on any atom is -0.394 e. The maximum absolute atomic E-state index is 14.7. The highest BCUT2D eigenvalue weighted by Gasteiger charge is 2.27. The number of hydrogen-bond acceptors (Lipinski definition) is 5. The van der Waals surface area contributed by atoms with Crippen molar-refractivity contribution < 1.29 is 19.1 Å². The first-order valence-electron chi connectivity index (χ1n) is 10.5. The highest BCUT2D eigenvalue weighted by atomic mass is 35.5. The number of carbonyl (C=O) groups is 2. The second-order valence-corrected chi connectivity index (χ2v) is 8.98. The van der Waals surface area contributed by atoms with E-state index in [1.165, 1.54) is 35.4 Å². The van der Waals surface area contributed by atoms with Gasteiger partial charge in [-0.2, -0.15) is 0 Å². The first-order valence-corrected chi connectivity index (χ1v) is 10.9. The van der Waals surface area contributed by atoms with Gasteiger partial charge in [0.25, 0.3) is 0 Å². The van der Waals surface area contributed by atoms with Gasteiger partial charge in [-0.25, -0.2) is 4.39 Å². The van der Waals surface area contributed by atoms with Crippen molar-refractivity contribution in [3.8, 4) is 0 Å². The van der Waals surface area contributed by atoms with E-state index >= 15 is 0 Å². The number of pyridine rings is 2. The molecular weight excluding hydrogens is 459 g/mol. The molecule has 0 saturated heterocycles. The van der Waals surface area contributed by atoms with E-state index < -0.39 is 17.1 Å². The lowest BCUT2D eigenvalue weighted by Crippen LogP contribution is -2.30. The van der Waals surface area contributed by atoms with E-state index in [9.17, 15) is 19.1 Å². The van der Waals surface area contributed by atoms with Gasteiger partial charge in [0.2, 0.25) is 5.91 Å². The van der Waals surface area contributed by atoms with E-state index in [4.69, 9.17) is 11.6 Å². The Morgan fingerprint density at radius 2 is 1.82 bits per heavy atom. The van der Waals surface area contributed by atoms with Crippen LogP contribution < -0.4 is 5.32 Å². The van der Waals surface area contributed by atoms with Gasteiger partial charge >= 0.3 is 0 Å². The van der Waals surface area contributed by atoms with Gasteiger partial charge in [-0.15, -0.1) is 0 Å². The fourth-order valence-corrected chi connectivity index (χ4v) is 3.77. The SMILES string of the molecule is CC(C)(CO)n1cc(C(=O)c2cncc(NC(=O)Cc3ccc(Cl)cc3)c2)c2cncc(F)c21. The molecule has 0 spiro atoms. The number of fused-ring (bicyclic) bond motifs is 1. The molecule has 0 bridgehead atoms. The number of ketones is 1. The van der Waals surface area contributed by atoms with Crippen LogP contribution >= 0.6 is 11.6 Å². The summed E-state index contributed by atoms with van der Waals surface area (Å²) in [5, 5.41) is 13.4. The summed E-state index contributed by atoms with van der Waals surface area (Å²) in [6.07, 6.45) is 6.95. The van der Waals surface area contributed by atoms with Crippen molar-refractivity contribution in [1.82, 2.24) is 14.5 Å². The van der Waals surface area contributed by atoms with Gasteiger partial charge in [-0.1, -0.05) is 23.7 Å². The molecule has 0 unspecified atom stereocenters. The number of nitrogens with one attached hydrogen (secondary N) is 1. The minimum absolute atomic E-state index is 0.129. The maximum atomic E-state index is 14.7. The van der Waals surface area contributed by atoms with E-state index in [0.717, 1.165) is 11.8 Å². The molecule has 0 aliphatic heterocycles. The summed E-state index contributed by atoms with van der Waals surface area (Å²) in [6.45, 7) is 3.21. The van der Waals surface area contributed by atoms with Crippen molar-refractivity contribution in [2.45, 2.75) is 25.8 Å². The van der Waals surface area contributed by atoms with E-state index in [2.05, 4.69) is 15.3 Å². The Morgan fingerprint density at radius 3 is 2.53 bits per heavy atom. The second kappa shape index (κ2) is 9.32. The first-order chi connectivity index (χ1) is 16.2. The average Bonchev–Trinajstić information content (AvgIpc) is 3.22. The molecule has 2 N–H and O–H groups in total. The topological polar surface area (TPSA) is 97.1 Å². The van der Waals surface area contributed by atoms with Crippen molar-refractivity contribution >= 4 is 39.9 Å². The van der Waals surface area contributed by atoms with Crippen LogP contribution in [-0.4, -0.2) is 37.9 Å². The number of amides is 1. The highest BCUT2D eigenvalue weighted by molar-refractivity contribution is 6.30. The van der Waals surface area contributed by atoms with Crippen molar-refractivity contribution in [2.75, 3.05) is 11.9 Å². The van der Waals surface area contributed by atoms with Gasteiger partial charge in [0, 0.05) is 40.1 Å². The number of aliphatic hydroxyl groups excluding tert-OH is 1. The Bertz CT molecular complexity index is 1380. The predicted molar refractivity (Wildman–Crippen MR) is 128 cm³/mol. The summed E-state index contributed by atoms with van der Waals surface area (Å²) in [5.41, 5.74) is 0.904. The monoisotopic (exact) mass is 480 g/mol. The van der Waals surface area contributed by atoms with Crippen LogP contribution in [0.3, 0.4) is 0 Å². The number of halogens is 2. The molecule has 0 aliphatic carbocycles. The molecule has 4 rings (SSSR count). The molecule has 1 aromatic carbocycles. The number of aliphatic hydroxyl groups is 1. The summed E-state index contributed by atoms with van der Waals surface area (Å²) < 4.78 is 16.2. The third-order valence-corrected chi connectivity index (χ3v) is 5.76. The zero-order valence-corrected chi connectivity index (χ0v) is 19.3. The predicted octanol–water partition coefficient (Wildman–Crippen LogP) is 4.36. The van der Waals surface area contributed by atoms with Crippen molar-refractivity contribution in [2.24, 2.45) is 0 Å². The summed E-state index contributed by atoms with van der Waals surface area (Å²) >= 11 is 5.88. The minimum atomic E-state index is -0.852. The van der Waals surface area contributed by atoms with Gasteiger partial charge in [-0.05, 0) is 37.6 Å². The van der Waals surface area contributed by atoms with E-state index in [-0.39, 0.29) is 35.6 Å². The Kier molecular flexibility index (Phi) is 6.45. The van der Waals surface area contributed by atoms with Crippen LogP contribution in [0, 0.1) is 5.82 Å². The first kappa shape index (κ1) is 23.5. The normalized spacial score (nSPS) is 11.6. The van der Waals surface area contributed by atoms with Crippen molar-refractivity contribution in [3.63, 3.8) is 0 Å². The lowest BCUT2D eigenvalue weighted by atomic mass is 10.0. The number of aromatic nitrogens is 3. The molecule has 3 aromatic heterocycles. The average molecular weight is 481 g/mol. The zero-order valence-electron chi connectivity index (χ0n) is 18.5. The summed E-state index contributed by atoms with van der Waals surface area (Å²) in [6, 6.07) is 8.45. The Morgan fingerprint density at radius 1 is 1.12 bits per heavy atom. The Labute approximate surface area is 200 Å². The van der Waals surface area contributed by atoms with Crippen LogP contribution in [0.4, 0.5) is 10.1 Å². The molecule has 1 amide bonds. The van der Waals surface area contributed by atoms with Crippen LogP contribution in [-0.2, 0) is 16.8 Å². The van der Waals surface area contributed by atoms with E-state index in [1.807, 2.05) is 0 Å². The molecule has 0 fully saturated rings. The molecule has 7 nitrogen and oxygen atoms in total. The molecule has 3 heterocycles. The zero-order chi connectivity index (χ0) is 24.5. The van der Waals surface area contributed by atoms with Gasteiger partial charge in [0.1, 0.15) is 0 Å². The van der Waals surface area contributed by atoms with E-state index in [0.29, 0.717) is 16.1 Å². The Balaban J connectivity index is 1.63. The van der Waals surface area contributed by atoms with Crippen molar-refractivity contribution in [1.29, 1.82) is 0 Å². The van der Waals surface area contributed by atoms with Crippen molar-refractivity contribution in [3.05, 3.63) is 88.8 Å². The molecule has 0 radical (unpaired) electrons. The van der Waals surface area contributed by atoms with Gasteiger partial charge in [0.15, 0.2) is 11.6 Å². The van der Waals surface area contributed by atoms with Crippen LogP contribution in [0.2, 0.25) is 5.02 Å². The fraction of sp³-hybridized carbons (Fsp3) is 0.200. The van der Waals surface area contributed by atoms with E-state index in [1.54, 1.807) is 38.1 Å². The van der Waals surface area contributed by atoms with Crippen LogP contribution in [0.5, 0.6) is 0 Å². The van der Waals surface area contributed by atoms with Gasteiger partial charge in [-0.3, -0.25) is 19.6 Å². The number of nitrogens with zero attached hydrogens (tertiary/aromatic N) is 3. The number of rotatable bonds is 7. The number of benzene rings is 1. The largest absolute Gasteiger partial charge is 0.394 e. The second-order valence-electron chi connectivity index (χ2n) is 8.54. The maximum Gasteiger partial charge on any atom is 0.228 e. The molecule has 174 valence electrons. The smallest absolute Gasteiger partial charge is 0.228 e. The van der Waals surface area contributed by atoms with Gasteiger partial charge < -0.3 is 15.0 Å². The van der Waals surface area contributed by atoms with Crippen LogP contribution in [0.1, 0.15) is 35.3 Å². The molecular formula is C25H22ClFN4O3. The standard InChI is InChI=1S/C25H22ClFN4O3/c1-25(2,14-32)31-13-20(19-11-29-12-21(27)23(19)31)24(34)16-8-18(10-28-9-16)30-22(33)7-15-3-5-17(26)6-4-15/h3-6,8-13,32H,7,14H2,1-2H3,(H,30,33). The third-order valence-electron chi connectivity index (χ3n) is 5.51. The molecule has 0 atom stereocenters. The fourth-order valence-electron chi connectivity index (χ4n) is 3.65. The summed E-state index contributed by atoms with van der Waals surface area (Å²) in [7, 11) is 0. The molecule has 34 heavy (non-hydrogen) atoms. The van der Waals surface area contributed by atoms with Crippen LogP contribution in [0.25, 0.3) is 10.9 Å². The quantitative estimate of drug-likeness (QED) is 0.383. The highest BCUT2D eigenvalue weighted by Crippen LogP contribution is 2.30. The molecule has 9 heteroatoms.